The SMILES string of the molecule is Cl.Clc1ccccc1CNCc1cccnc1-n1cccn1. The summed E-state index contributed by atoms with van der Waals surface area (Å²) in [6.45, 7) is 1.42. The number of hydrogen-bond donors (Lipinski definition) is 1. The molecule has 3 aromatic rings. The van der Waals surface area contributed by atoms with E-state index in [2.05, 4.69) is 15.4 Å². The van der Waals surface area contributed by atoms with E-state index >= 15 is 0 Å². The zero-order valence-corrected chi connectivity index (χ0v) is 13.4. The van der Waals surface area contributed by atoms with E-state index in [9.17, 15) is 0 Å². The van der Waals surface area contributed by atoms with Crippen LogP contribution >= 0.6 is 24.0 Å². The van der Waals surface area contributed by atoms with Crippen molar-refractivity contribution in [2.45, 2.75) is 13.1 Å². The summed E-state index contributed by atoms with van der Waals surface area (Å²) in [7, 11) is 0. The zero-order chi connectivity index (χ0) is 14.5. The molecule has 0 aliphatic heterocycles. The Labute approximate surface area is 140 Å². The van der Waals surface area contributed by atoms with Crippen LogP contribution in [0.3, 0.4) is 0 Å². The highest BCUT2D eigenvalue weighted by Gasteiger charge is 2.06. The van der Waals surface area contributed by atoms with E-state index in [4.69, 9.17) is 11.6 Å². The number of pyridine rings is 1. The first kappa shape index (κ1) is 16.5. The Morgan fingerprint density at radius 1 is 0.955 bits per heavy atom. The topological polar surface area (TPSA) is 42.7 Å². The number of halogens is 2. The van der Waals surface area contributed by atoms with Crippen molar-refractivity contribution in [1.82, 2.24) is 20.1 Å². The molecule has 3 rings (SSSR count). The van der Waals surface area contributed by atoms with Crippen molar-refractivity contribution in [1.29, 1.82) is 0 Å². The number of hydrogen-bond acceptors (Lipinski definition) is 3. The molecule has 0 radical (unpaired) electrons. The van der Waals surface area contributed by atoms with Crippen LogP contribution in [0.4, 0.5) is 0 Å². The van der Waals surface area contributed by atoms with E-state index in [1.165, 1.54) is 0 Å². The van der Waals surface area contributed by atoms with Crippen LogP contribution in [-0.2, 0) is 13.1 Å². The molecule has 2 heterocycles. The molecule has 0 aliphatic carbocycles. The van der Waals surface area contributed by atoms with Gasteiger partial charge >= 0.3 is 0 Å². The quantitative estimate of drug-likeness (QED) is 0.774. The van der Waals surface area contributed by atoms with E-state index in [1.54, 1.807) is 17.1 Å². The van der Waals surface area contributed by atoms with Gasteiger partial charge in [0.2, 0.25) is 0 Å². The average molecular weight is 335 g/mol. The largest absolute Gasteiger partial charge is 0.308 e. The van der Waals surface area contributed by atoms with Crippen molar-refractivity contribution in [2.24, 2.45) is 0 Å². The van der Waals surface area contributed by atoms with Crippen molar-refractivity contribution in [3.8, 4) is 5.82 Å². The zero-order valence-electron chi connectivity index (χ0n) is 11.8. The summed E-state index contributed by atoms with van der Waals surface area (Å²) in [6, 6.07) is 13.7. The van der Waals surface area contributed by atoms with Gasteiger partial charge in [-0.05, 0) is 23.8 Å². The van der Waals surface area contributed by atoms with Crippen molar-refractivity contribution in [3.05, 3.63) is 77.2 Å². The van der Waals surface area contributed by atoms with Gasteiger partial charge in [-0.25, -0.2) is 9.67 Å². The van der Waals surface area contributed by atoms with Gasteiger partial charge < -0.3 is 5.32 Å². The van der Waals surface area contributed by atoms with Crippen LogP contribution in [0.5, 0.6) is 0 Å². The Bertz CT molecular complexity index is 714. The number of nitrogens with one attached hydrogen (secondary N) is 1. The second-order valence-electron chi connectivity index (χ2n) is 4.63. The van der Waals surface area contributed by atoms with Crippen LogP contribution < -0.4 is 5.32 Å². The number of rotatable bonds is 5. The monoisotopic (exact) mass is 334 g/mol. The van der Waals surface area contributed by atoms with E-state index in [-0.39, 0.29) is 12.4 Å². The lowest BCUT2D eigenvalue weighted by molar-refractivity contribution is 0.681. The van der Waals surface area contributed by atoms with Gasteiger partial charge in [-0.15, -0.1) is 12.4 Å². The Balaban J connectivity index is 0.00000176. The summed E-state index contributed by atoms with van der Waals surface area (Å²) < 4.78 is 1.77. The minimum atomic E-state index is 0. The molecule has 0 bridgehead atoms. The van der Waals surface area contributed by atoms with Crippen LogP contribution in [0.25, 0.3) is 5.82 Å². The molecular weight excluding hydrogens is 319 g/mol. The molecule has 0 atom stereocenters. The molecule has 0 saturated carbocycles. The Morgan fingerprint density at radius 3 is 2.50 bits per heavy atom. The standard InChI is InChI=1S/C16H15ClN4.ClH/c17-15-7-2-1-5-13(15)11-18-12-14-6-3-8-19-16(14)21-10-4-9-20-21;/h1-10,18H,11-12H2;1H. The molecule has 1 aromatic carbocycles. The van der Waals surface area contributed by atoms with E-state index in [0.29, 0.717) is 13.1 Å². The fourth-order valence-electron chi connectivity index (χ4n) is 2.14. The summed E-state index contributed by atoms with van der Waals surface area (Å²) in [5.41, 5.74) is 2.18. The Kier molecular flexibility index (Phi) is 5.95. The first-order valence-electron chi connectivity index (χ1n) is 6.72. The molecule has 0 saturated heterocycles. The van der Waals surface area contributed by atoms with Crippen LogP contribution in [-0.4, -0.2) is 14.8 Å². The molecule has 4 nitrogen and oxygen atoms in total. The lowest BCUT2D eigenvalue weighted by Crippen LogP contribution is -2.15. The molecule has 2 aromatic heterocycles. The molecule has 22 heavy (non-hydrogen) atoms. The molecule has 1 N–H and O–H groups in total. The summed E-state index contributed by atoms with van der Waals surface area (Å²) in [4.78, 5) is 4.40. The average Bonchev–Trinajstić information content (AvgIpc) is 3.04. The number of benzene rings is 1. The minimum absolute atomic E-state index is 0. The molecule has 0 unspecified atom stereocenters. The maximum absolute atomic E-state index is 6.15. The van der Waals surface area contributed by atoms with Gasteiger partial charge in [-0.2, -0.15) is 5.10 Å². The maximum Gasteiger partial charge on any atom is 0.157 e. The lowest BCUT2D eigenvalue weighted by atomic mass is 10.2. The molecule has 0 spiro atoms. The predicted molar refractivity (Wildman–Crippen MR) is 90.6 cm³/mol. The second-order valence-corrected chi connectivity index (χ2v) is 5.04. The van der Waals surface area contributed by atoms with E-state index in [0.717, 1.165) is 22.0 Å². The van der Waals surface area contributed by atoms with Gasteiger partial charge in [0.15, 0.2) is 5.82 Å². The van der Waals surface area contributed by atoms with E-state index < -0.39 is 0 Å². The smallest absolute Gasteiger partial charge is 0.157 e. The van der Waals surface area contributed by atoms with Crippen LogP contribution in [0, 0.1) is 0 Å². The Hall–Kier alpha value is -1.88. The van der Waals surface area contributed by atoms with Gasteiger partial charge in [-0.1, -0.05) is 35.9 Å². The van der Waals surface area contributed by atoms with Crippen molar-refractivity contribution in [3.63, 3.8) is 0 Å². The first-order chi connectivity index (χ1) is 10.3. The number of aromatic nitrogens is 3. The molecule has 0 aliphatic rings. The van der Waals surface area contributed by atoms with Crippen LogP contribution in [0.2, 0.25) is 5.02 Å². The normalized spacial score (nSPS) is 10.2. The summed E-state index contributed by atoms with van der Waals surface area (Å²) in [6.07, 6.45) is 5.41. The lowest BCUT2D eigenvalue weighted by Gasteiger charge is -2.10. The van der Waals surface area contributed by atoms with Crippen molar-refractivity contribution in [2.75, 3.05) is 0 Å². The summed E-state index contributed by atoms with van der Waals surface area (Å²) >= 11 is 6.15. The highest BCUT2D eigenvalue weighted by atomic mass is 35.5. The molecule has 0 fully saturated rings. The fourth-order valence-corrected chi connectivity index (χ4v) is 2.34. The van der Waals surface area contributed by atoms with Crippen molar-refractivity contribution >= 4 is 24.0 Å². The van der Waals surface area contributed by atoms with Gasteiger partial charge in [0.05, 0.1) is 0 Å². The highest BCUT2D eigenvalue weighted by molar-refractivity contribution is 6.31. The van der Waals surface area contributed by atoms with Crippen molar-refractivity contribution < 1.29 is 0 Å². The van der Waals surface area contributed by atoms with Gasteiger partial charge in [0, 0.05) is 42.3 Å². The van der Waals surface area contributed by atoms with Crippen LogP contribution in [0.15, 0.2) is 61.1 Å². The summed E-state index contributed by atoms with van der Waals surface area (Å²) in [5, 5.41) is 8.41. The summed E-state index contributed by atoms with van der Waals surface area (Å²) in [5.74, 6) is 0.842. The molecular formula is C16H16Cl2N4. The predicted octanol–water partition coefficient (Wildman–Crippen LogP) is 3.63. The van der Waals surface area contributed by atoms with E-state index in [1.807, 2.05) is 48.7 Å². The second kappa shape index (κ2) is 7.94. The molecule has 0 amide bonds. The highest BCUT2D eigenvalue weighted by Crippen LogP contribution is 2.15. The third kappa shape index (κ3) is 3.85. The van der Waals surface area contributed by atoms with Gasteiger partial charge in [0.25, 0.3) is 0 Å². The number of nitrogens with zero attached hydrogens (tertiary/aromatic N) is 3. The molecule has 6 heteroatoms. The van der Waals surface area contributed by atoms with Crippen LogP contribution in [0.1, 0.15) is 11.1 Å². The Morgan fingerprint density at radius 2 is 1.73 bits per heavy atom. The first-order valence-corrected chi connectivity index (χ1v) is 7.10. The third-order valence-electron chi connectivity index (χ3n) is 3.18. The minimum Gasteiger partial charge on any atom is -0.308 e. The van der Waals surface area contributed by atoms with Gasteiger partial charge in [-0.3, -0.25) is 0 Å². The fraction of sp³-hybridized carbons (Fsp3) is 0.125. The third-order valence-corrected chi connectivity index (χ3v) is 3.55. The molecule has 114 valence electrons. The van der Waals surface area contributed by atoms with Gasteiger partial charge in [0.1, 0.15) is 0 Å². The maximum atomic E-state index is 6.15.